The summed E-state index contributed by atoms with van der Waals surface area (Å²) in [5.74, 6) is -1.42. The van der Waals surface area contributed by atoms with Gasteiger partial charge in [0.2, 0.25) is 0 Å². The lowest BCUT2D eigenvalue weighted by atomic mass is 10.1. The highest BCUT2D eigenvalue weighted by Gasteiger charge is 2.09. The molecule has 0 aromatic heterocycles. The third-order valence-corrected chi connectivity index (χ3v) is 5.75. The van der Waals surface area contributed by atoms with Crippen LogP contribution < -0.4 is 0 Å². The Bertz CT molecular complexity index is 446. The van der Waals surface area contributed by atoms with E-state index in [9.17, 15) is 14.4 Å². The molecule has 0 unspecified atom stereocenters. The molecule has 0 heterocycles. The first-order chi connectivity index (χ1) is 17.0. The standard InChI is InChI=1S/C24H46O4.C4H8O3/c1-3-5-7-9-11-13-15-17-19-21-23(25)27-28-24(26)22-20-18-16-14-12-10-8-6-4-2;1-2-3-4(5)7-6/h3-22H2,1-2H3;6H,2-3H2,1H3. The van der Waals surface area contributed by atoms with E-state index < -0.39 is 17.9 Å². The Labute approximate surface area is 214 Å². The maximum absolute atomic E-state index is 11.6. The number of hydrogen-bond donors (Lipinski definition) is 1. The second-order valence-electron chi connectivity index (χ2n) is 9.28. The van der Waals surface area contributed by atoms with Crippen LogP contribution in [-0.2, 0) is 29.0 Å². The Morgan fingerprint density at radius 3 is 1.00 bits per heavy atom. The second-order valence-corrected chi connectivity index (χ2v) is 9.28. The van der Waals surface area contributed by atoms with E-state index in [0.29, 0.717) is 19.3 Å². The van der Waals surface area contributed by atoms with E-state index in [1.165, 1.54) is 77.0 Å². The van der Waals surface area contributed by atoms with Gasteiger partial charge in [0.25, 0.3) is 0 Å². The average molecular weight is 503 g/mol. The minimum atomic E-state index is -0.567. The van der Waals surface area contributed by atoms with Crippen molar-refractivity contribution >= 4 is 17.9 Å². The van der Waals surface area contributed by atoms with Crippen molar-refractivity contribution in [3.63, 3.8) is 0 Å². The highest BCUT2D eigenvalue weighted by Crippen LogP contribution is 2.12. The molecule has 0 aliphatic carbocycles. The summed E-state index contributed by atoms with van der Waals surface area (Å²) in [6, 6.07) is 0. The van der Waals surface area contributed by atoms with Crippen LogP contribution in [0.3, 0.4) is 0 Å². The van der Waals surface area contributed by atoms with E-state index in [-0.39, 0.29) is 6.42 Å². The van der Waals surface area contributed by atoms with Gasteiger partial charge in [0.15, 0.2) is 0 Å². The summed E-state index contributed by atoms with van der Waals surface area (Å²) in [5, 5.41) is 7.62. The molecule has 208 valence electrons. The van der Waals surface area contributed by atoms with Crippen LogP contribution in [0, 0.1) is 0 Å². The van der Waals surface area contributed by atoms with Crippen LogP contribution in [0.25, 0.3) is 0 Å². The Kier molecular flexibility index (Phi) is 30.9. The summed E-state index contributed by atoms with van der Waals surface area (Å²) in [6.07, 6.45) is 23.3. The summed E-state index contributed by atoms with van der Waals surface area (Å²) in [7, 11) is 0. The van der Waals surface area contributed by atoms with Gasteiger partial charge in [0.05, 0.1) is 12.8 Å². The van der Waals surface area contributed by atoms with Crippen molar-refractivity contribution in [2.24, 2.45) is 0 Å². The van der Waals surface area contributed by atoms with Crippen LogP contribution in [0.2, 0.25) is 0 Å². The number of hydrogen-bond acceptors (Lipinski definition) is 7. The second kappa shape index (κ2) is 30.4. The molecule has 0 saturated heterocycles. The smallest absolute Gasteiger partial charge is 0.301 e. The van der Waals surface area contributed by atoms with Crippen molar-refractivity contribution in [2.75, 3.05) is 0 Å². The molecule has 0 aliphatic rings. The Balaban J connectivity index is 0. The SMILES string of the molecule is CCCC(=O)OO.CCCCCCCCCCCC(=O)OOC(=O)CCCCCCCCCCC. The van der Waals surface area contributed by atoms with Gasteiger partial charge >= 0.3 is 17.9 Å². The van der Waals surface area contributed by atoms with Gasteiger partial charge < -0.3 is 4.89 Å². The van der Waals surface area contributed by atoms with E-state index in [0.717, 1.165) is 38.5 Å². The third-order valence-electron chi connectivity index (χ3n) is 5.75. The van der Waals surface area contributed by atoms with Crippen molar-refractivity contribution in [2.45, 2.75) is 162 Å². The first kappa shape index (κ1) is 35.5. The Morgan fingerprint density at radius 2 is 0.743 bits per heavy atom. The normalized spacial score (nSPS) is 10.3. The van der Waals surface area contributed by atoms with Crippen LogP contribution in [0.1, 0.15) is 162 Å². The zero-order valence-corrected chi connectivity index (χ0v) is 23.0. The van der Waals surface area contributed by atoms with Crippen molar-refractivity contribution in [1.82, 2.24) is 0 Å². The van der Waals surface area contributed by atoms with Gasteiger partial charge in [-0.05, 0) is 19.3 Å². The summed E-state index contributed by atoms with van der Waals surface area (Å²) >= 11 is 0. The highest BCUT2D eigenvalue weighted by atomic mass is 17.2. The van der Waals surface area contributed by atoms with Gasteiger partial charge in [-0.15, -0.1) is 0 Å². The molecule has 1 N–H and O–H groups in total. The summed E-state index contributed by atoms with van der Waals surface area (Å²) < 4.78 is 0. The summed E-state index contributed by atoms with van der Waals surface area (Å²) in [6.45, 7) is 6.29. The predicted octanol–water partition coefficient (Wildman–Crippen LogP) is 8.63. The zero-order valence-electron chi connectivity index (χ0n) is 23.0. The lowest BCUT2D eigenvalue weighted by molar-refractivity contribution is -0.259. The minimum absolute atomic E-state index is 0.288. The molecule has 7 nitrogen and oxygen atoms in total. The highest BCUT2D eigenvalue weighted by molar-refractivity contribution is 5.72. The monoisotopic (exact) mass is 502 g/mol. The largest absolute Gasteiger partial charge is 0.355 e. The van der Waals surface area contributed by atoms with Crippen molar-refractivity contribution in [3.05, 3.63) is 0 Å². The number of carbonyl (C=O) groups excluding carboxylic acids is 3. The van der Waals surface area contributed by atoms with Gasteiger partial charge in [-0.3, -0.25) is 0 Å². The van der Waals surface area contributed by atoms with Gasteiger partial charge in [0, 0.05) is 6.42 Å². The number of rotatable bonds is 22. The van der Waals surface area contributed by atoms with Gasteiger partial charge in [0.1, 0.15) is 0 Å². The van der Waals surface area contributed by atoms with Crippen LogP contribution >= 0.6 is 0 Å². The quantitative estimate of drug-likeness (QED) is 0.0898. The molecular formula is C28H54O7. The van der Waals surface area contributed by atoms with Gasteiger partial charge in [-0.2, -0.15) is 5.26 Å². The van der Waals surface area contributed by atoms with Gasteiger partial charge in [-0.1, -0.05) is 124 Å². The lowest BCUT2D eigenvalue weighted by Crippen LogP contribution is -2.11. The minimum Gasteiger partial charge on any atom is -0.301 e. The third kappa shape index (κ3) is 32.4. The Hall–Kier alpha value is -1.63. The molecule has 0 amide bonds. The van der Waals surface area contributed by atoms with Gasteiger partial charge in [-0.25, -0.2) is 24.2 Å². The van der Waals surface area contributed by atoms with Crippen LogP contribution in [0.5, 0.6) is 0 Å². The molecular weight excluding hydrogens is 448 g/mol. The fourth-order valence-electron chi connectivity index (χ4n) is 3.59. The molecule has 0 rings (SSSR count). The van der Waals surface area contributed by atoms with E-state index >= 15 is 0 Å². The number of unbranched alkanes of at least 4 members (excludes halogenated alkanes) is 16. The van der Waals surface area contributed by atoms with Crippen molar-refractivity contribution < 1.29 is 34.3 Å². The van der Waals surface area contributed by atoms with E-state index in [4.69, 9.17) is 5.26 Å². The molecule has 7 heteroatoms. The molecule has 0 atom stereocenters. The topological polar surface area (TPSA) is 99.1 Å². The molecule has 0 fully saturated rings. The fourth-order valence-corrected chi connectivity index (χ4v) is 3.59. The van der Waals surface area contributed by atoms with Crippen LogP contribution in [-0.4, -0.2) is 23.2 Å². The lowest BCUT2D eigenvalue weighted by Gasteiger charge is -2.04. The van der Waals surface area contributed by atoms with E-state index in [1.54, 1.807) is 0 Å². The maximum atomic E-state index is 11.6. The maximum Gasteiger partial charge on any atom is 0.355 e. The Morgan fingerprint density at radius 1 is 0.429 bits per heavy atom. The van der Waals surface area contributed by atoms with Crippen LogP contribution in [0.4, 0.5) is 0 Å². The van der Waals surface area contributed by atoms with Crippen molar-refractivity contribution in [3.8, 4) is 0 Å². The van der Waals surface area contributed by atoms with E-state index in [2.05, 4.69) is 28.5 Å². The molecule has 0 spiro atoms. The first-order valence-electron chi connectivity index (χ1n) is 14.3. The molecule has 0 aromatic carbocycles. The summed E-state index contributed by atoms with van der Waals surface area (Å²) in [5.41, 5.74) is 0. The van der Waals surface area contributed by atoms with Crippen molar-refractivity contribution in [1.29, 1.82) is 0 Å². The molecule has 0 radical (unpaired) electrons. The molecule has 35 heavy (non-hydrogen) atoms. The molecule has 0 saturated carbocycles. The number of carbonyl (C=O) groups is 3. The first-order valence-corrected chi connectivity index (χ1v) is 14.3. The zero-order chi connectivity index (χ0) is 26.4. The predicted molar refractivity (Wildman–Crippen MR) is 140 cm³/mol. The fraction of sp³-hybridized carbons (Fsp3) is 0.893. The molecule has 0 aliphatic heterocycles. The average Bonchev–Trinajstić information content (AvgIpc) is 2.86. The summed E-state index contributed by atoms with van der Waals surface area (Å²) in [4.78, 5) is 45.7. The molecule has 0 bridgehead atoms. The van der Waals surface area contributed by atoms with Crippen LogP contribution in [0.15, 0.2) is 0 Å². The van der Waals surface area contributed by atoms with E-state index in [1.807, 2.05) is 6.92 Å². The molecule has 0 aromatic rings.